The lowest BCUT2D eigenvalue weighted by molar-refractivity contribution is -0.128. The van der Waals surface area contributed by atoms with E-state index < -0.39 is 0 Å². The molecule has 1 saturated carbocycles. The SMILES string of the molecule is O=C(NCCC1CCOC2(CCN(CC3CCCCC3)CC2)C1)c1ccncc1. The number of likely N-dealkylation sites (tertiary alicyclic amines) is 1. The molecule has 4 rings (SSSR count). The summed E-state index contributed by atoms with van der Waals surface area (Å²) in [7, 11) is 0. The monoisotopic (exact) mass is 399 g/mol. The molecule has 3 heterocycles. The number of ether oxygens (including phenoxy) is 1. The molecule has 2 aliphatic heterocycles. The predicted octanol–water partition coefficient (Wildman–Crippen LogP) is 4.04. The lowest BCUT2D eigenvalue weighted by Crippen LogP contribution is -2.50. The van der Waals surface area contributed by atoms with Crippen LogP contribution in [0.25, 0.3) is 0 Å². The Morgan fingerprint density at radius 2 is 1.86 bits per heavy atom. The number of hydrogen-bond donors (Lipinski definition) is 1. The molecule has 2 saturated heterocycles. The molecule has 0 radical (unpaired) electrons. The molecule has 5 heteroatoms. The highest BCUT2D eigenvalue weighted by atomic mass is 16.5. The molecule has 160 valence electrons. The summed E-state index contributed by atoms with van der Waals surface area (Å²) in [5.74, 6) is 1.60. The van der Waals surface area contributed by atoms with Gasteiger partial charge in [-0.3, -0.25) is 9.78 Å². The van der Waals surface area contributed by atoms with Crippen LogP contribution in [0.3, 0.4) is 0 Å². The Kier molecular flexibility index (Phi) is 7.20. The topological polar surface area (TPSA) is 54.5 Å². The maximum Gasteiger partial charge on any atom is 0.251 e. The molecule has 1 atom stereocenters. The van der Waals surface area contributed by atoms with Crippen LogP contribution in [-0.2, 0) is 4.74 Å². The van der Waals surface area contributed by atoms with Gasteiger partial charge in [0.2, 0.25) is 0 Å². The largest absolute Gasteiger partial charge is 0.375 e. The van der Waals surface area contributed by atoms with E-state index in [0.717, 1.165) is 38.3 Å². The highest BCUT2D eigenvalue weighted by molar-refractivity contribution is 5.93. The second-order valence-corrected chi connectivity index (χ2v) is 9.48. The summed E-state index contributed by atoms with van der Waals surface area (Å²) < 4.78 is 6.35. The number of aromatic nitrogens is 1. The minimum absolute atomic E-state index is 0.00481. The van der Waals surface area contributed by atoms with Crippen molar-refractivity contribution < 1.29 is 9.53 Å². The van der Waals surface area contributed by atoms with Gasteiger partial charge in [0.25, 0.3) is 5.91 Å². The summed E-state index contributed by atoms with van der Waals surface area (Å²) in [4.78, 5) is 18.9. The van der Waals surface area contributed by atoms with Gasteiger partial charge < -0.3 is 15.0 Å². The second-order valence-electron chi connectivity index (χ2n) is 9.48. The van der Waals surface area contributed by atoms with Crippen LogP contribution in [0.5, 0.6) is 0 Å². The fourth-order valence-electron chi connectivity index (χ4n) is 5.60. The zero-order chi connectivity index (χ0) is 19.9. The van der Waals surface area contributed by atoms with E-state index in [-0.39, 0.29) is 11.5 Å². The van der Waals surface area contributed by atoms with Crippen LogP contribution >= 0.6 is 0 Å². The highest BCUT2D eigenvalue weighted by Gasteiger charge is 2.40. The molecule has 1 aliphatic carbocycles. The van der Waals surface area contributed by atoms with Crippen molar-refractivity contribution in [3.8, 4) is 0 Å². The minimum atomic E-state index is 0.00481. The highest BCUT2D eigenvalue weighted by Crippen LogP contribution is 2.39. The Bertz CT molecular complexity index is 637. The number of carbonyl (C=O) groups is 1. The fraction of sp³-hybridized carbons (Fsp3) is 0.750. The van der Waals surface area contributed by atoms with Crippen molar-refractivity contribution in [2.75, 3.05) is 32.8 Å². The summed E-state index contributed by atoms with van der Waals surface area (Å²) in [5, 5.41) is 3.07. The summed E-state index contributed by atoms with van der Waals surface area (Å²) >= 11 is 0. The third kappa shape index (κ3) is 5.79. The van der Waals surface area contributed by atoms with Crippen LogP contribution in [0.2, 0.25) is 0 Å². The van der Waals surface area contributed by atoms with Gasteiger partial charge >= 0.3 is 0 Å². The van der Waals surface area contributed by atoms with Crippen molar-refractivity contribution >= 4 is 5.91 Å². The molecule has 1 aromatic rings. The number of piperidine rings is 1. The first-order valence-corrected chi connectivity index (χ1v) is 11.8. The first kappa shape index (κ1) is 20.8. The third-order valence-corrected chi connectivity index (χ3v) is 7.38. The van der Waals surface area contributed by atoms with Gasteiger partial charge in [-0.1, -0.05) is 19.3 Å². The maximum absolute atomic E-state index is 12.2. The molecule has 1 unspecified atom stereocenters. The molecule has 1 amide bonds. The van der Waals surface area contributed by atoms with Crippen molar-refractivity contribution in [1.82, 2.24) is 15.2 Å². The molecule has 1 N–H and O–H groups in total. The molecule has 5 nitrogen and oxygen atoms in total. The van der Waals surface area contributed by atoms with E-state index in [2.05, 4.69) is 15.2 Å². The lowest BCUT2D eigenvalue weighted by Gasteiger charge is -2.47. The molecule has 0 bridgehead atoms. The van der Waals surface area contributed by atoms with E-state index >= 15 is 0 Å². The number of hydrogen-bond acceptors (Lipinski definition) is 4. The normalized spacial score (nSPS) is 25.7. The zero-order valence-electron chi connectivity index (χ0n) is 17.8. The molecular formula is C24H37N3O2. The quantitative estimate of drug-likeness (QED) is 0.784. The standard InChI is InChI=1S/C24H37N3O2/c28-23(22-7-12-25-13-8-22)26-14-6-20-9-17-29-24(18-20)10-15-27(16-11-24)19-21-4-2-1-3-5-21/h7-8,12-13,20-21H,1-6,9-11,14-19H2,(H,26,28). The van der Waals surface area contributed by atoms with E-state index in [1.807, 2.05) is 0 Å². The van der Waals surface area contributed by atoms with E-state index in [1.54, 1.807) is 24.5 Å². The van der Waals surface area contributed by atoms with Crippen molar-refractivity contribution in [2.24, 2.45) is 11.8 Å². The molecule has 1 aromatic heterocycles. The van der Waals surface area contributed by atoms with Crippen LogP contribution < -0.4 is 5.32 Å². The Morgan fingerprint density at radius 1 is 1.10 bits per heavy atom. The van der Waals surface area contributed by atoms with Crippen molar-refractivity contribution in [3.05, 3.63) is 30.1 Å². The molecule has 29 heavy (non-hydrogen) atoms. The van der Waals surface area contributed by atoms with Gasteiger partial charge in [-0.25, -0.2) is 0 Å². The van der Waals surface area contributed by atoms with Crippen LogP contribution in [0, 0.1) is 11.8 Å². The molecule has 1 spiro atoms. The molecular weight excluding hydrogens is 362 g/mol. The Balaban J connectivity index is 1.19. The van der Waals surface area contributed by atoms with Crippen molar-refractivity contribution in [1.29, 1.82) is 0 Å². The van der Waals surface area contributed by atoms with Gasteiger partial charge in [0.15, 0.2) is 0 Å². The van der Waals surface area contributed by atoms with E-state index in [0.29, 0.717) is 11.5 Å². The Labute approximate surface area is 175 Å². The first-order valence-electron chi connectivity index (χ1n) is 11.8. The van der Waals surface area contributed by atoms with Gasteiger partial charge in [-0.2, -0.15) is 0 Å². The maximum atomic E-state index is 12.2. The van der Waals surface area contributed by atoms with Crippen molar-refractivity contribution in [3.63, 3.8) is 0 Å². The van der Waals surface area contributed by atoms with Crippen LogP contribution in [0.1, 0.15) is 74.6 Å². The summed E-state index contributed by atoms with van der Waals surface area (Å²) in [6.45, 7) is 5.33. The van der Waals surface area contributed by atoms with E-state index in [1.165, 1.54) is 64.6 Å². The molecule has 3 fully saturated rings. The van der Waals surface area contributed by atoms with E-state index in [4.69, 9.17) is 4.74 Å². The number of rotatable bonds is 6. The van der Waals surface area contributed by atoms with Crippen LogP contribution in [0.15, 0.2) is 24.5 Å². The number of amides is 1. The molecule has 3 aliphatic rings. The number of carbonyl (C=O) groups excluding carboxylic acids is 1. The smallest absolute Gasteiger partial charge is 0.251 e. The number of nitrogens with one attached hydrogen (secondary N) is 1. The third-order valence-electron chi connectivity index (χ3n) is 7.38. The Morgan fingerprint density at radius 3 is 2.62 bits per heavy atom. The average Bonchev–Trinajstić information content (AvgIpc) is 2.77. The van der Waals surface area contributed by atoms with Crippen molar-refractivity contribution in [2.45, 2.75) is 69.8 Å². The second kappa shape index (κ2) is 10.0. The molecule has 0 aromatic carbocycles. The average molecular weight is 400 g/mol. The van der Waals surface area contributed by atoms with Gasteiger partial charge in [0, 0.05) is 50.7 Å². The summed E-state index contributed by atoms with van der Waals surface area (Å²) in [6, 6.07) is 3.53. The Hall–Kier alpha value is -1.46. The fourth-order valence-corrected chi connectivity index (χ4v) is 5.60. The van der Waals surface area contributed by atoms with Gasteiger partial charge in [-0.15, -0.1) is 0 Å². The van der Waals surface area contributed by atoms with Gasteiger partial charge in [-0.05, 0) is 68.9 Å². The minimum Gasteiger partial charge on any atom is -0.375 e. The lowest BCUT2D eigenvalue weighted by atomic mass is 9.78. The number of nitrogens with zero attached hydrogens (tertiary/aromatic N) is 2. The van der Waals surface area contributed by atoms with Gasteiger partial charge in [0.05, 0.1) is 5.60 Å². The van der Waals surface area contributed by atoms with Crippen LogP contribution in [0.4, 0.5) is 0 Å². The first-order chi connectivity index (χ1) is 14.2. The van der Waals surface area contributed by atoms with E-state index in [9.17, 15) is 4.79 Å². The number of pyridine rings is 1. The predicted molar refractivity (Wildman–Crippen MR) is 115 cm³/mol. The summed E-state index contributed by atoms with van der Waals surface area (Å²) in [6.07, 6.45) is 16.2. The zero-order valence-corrected chi connectivity index (χ0v) is 17.8. The van der Waals surface area contributed by atoms with Gasteiger partial charge in [0.1, 0.15) is 0 Å². The van der Waals surface area contributed by atoms with Crippen LogP contribution in [-0.4, -0.2) is 54.2 Å². The summed E-state index contributed by atoms with van der Waals surface area (Å²) in [5.41, 5.74) is 0.787.